The molecular weight excluding hydrogens is 384 g/mol. The van der Waals surface area contributed by atoms with Crippen LogP contribution in [-0.2, 0) is 11.2 Å². The molecule has 30 heavy (non-hydrogen) atoms. The topological polar surface area (TPSA) is 90.3 Å². The number of likely N-dealkylation sites (tertiary alicyclic amines) is 1. The van der Waals surface area contributed by atoms with E-state index in [1.165, 1.54) is 4.90 Å². The Morgan fingerprint density at radius 3 is 2.73 bits per heavy atom. The number of carbonyl (C=O) groups is 2. The normalized spacial score (nSPS) is 23.7. The molecule has 2 aliphatic rings. The number of ether oxygens (including phenoxy) is 1. The predicted molar refractivity (Wildman–Crippen MR) is 112 cm³/mol. The average molecular weight is 410 g/mol. The Labute approximate surface area is 175 Å². The van der Waals surface area contributed by atoms with Gasteiger partial charge in [-0.15, -0.1) is 0 Å². The van der Waals surface area contributed by atoms with Crippen molar-refractivity contribution in [2.24, 2.45) is 5.41 Å². The first-order valence-corrected chi connectivity index (χ1v) is 10.1. The molecule has 158 valence electrons. The third-order valence-electron chi connectivity index (χ3n) is 6.18. The summed E-state index contributed by atoms with van der Waals surface area (Å²) in [5.41, 5.74) is 1.19. The fourth-order valence-electron chi connectivity index (χ4n) is 4.30. The lowest BCUT2D eigenvalue weighted by molar-refractivity contribution is -0.121. The van der Waals surface area contributed by atoms with Crippen molar-refractivity contribution in [2.45, 2.75) is 18.9 Å². The number of benzene rings is 2. The van der Waals surface area contributed by atoms with E-state index in [-0.39, 0.29) is 31.6 Å². The molecule has 0 spiro atoms. The largest absolute Gasteiger partial charge is 0.482 e. The first-order valence-electron chi connectivity index (χ1n) is 10.1. The number of likely N-dealkylation sites (N-methyl/N-ethyl adjacent to an activating group) is 1. The number of nitrogens with zero attached hydrogens (tertiary/aromatic N) is 2. The second kappa shape index (κ2) is 8.08. The maximum absolute atomic E-state index is 13.3. The van der Waals surface area contributed by atoms with Crippen molar-refractivity contribution in [3.63, 3.8) is 0 Å². The van der Waals surface area contributed by atoms with Crippen LogP contribution in [0, 0.1) is 5.41 Å². The molecule has 2 atom stereocenters. The maximum Gasteiger partial charge on any atom is 0.264 e. The number of rotatable bonds is 4. The minimum Gasteiger partial charge on any atom is -0.482 e. The zero-order valence-corrected chi connectivity index (χ0v) is 17.0. The van der Waals surface area contributed by atoms with Gasteiger partial charge in [0.05, 0.1) is 18.4 Å². The monoisotopic (exact) mass is 410 g/mol. The molecule has 0 unspecified atom stereocenters. The van der Waals surface area contributed by atoms with E-state index in [9.17, 15) is 19.8 Å². The molecular formula is C23H26N2O5. The van der Waals surface area contributed by atoms with Crippen molar-refractivity contribution in [2.75, 3.05) is 38.3 Å². The van der Waals surface area contributed by atoms with E-state index in [2.05, 4.69) is 0 Å². The summed E-state index contributed by atoms with van der Waals surface area (Å²) < 4.78 is 5.44. The van der Waals surface area contributed by atoms with E-state index >= 15 is 0 Å². The predicted octanol–water partition coefficient (Wildman–Crippen LogP) is 1.47. The van der Waals surface area contributed by atoms with E-state index in [0.29, 0.717) is 36.4 Å². The number of anilines is 1. The van der Waals surface area contributed by atoms with Crippen LogP contribution in [0.5, 0.6) is 5.75 Å². The Bertz CT molecular complexity index is 948. The lowest BCUT2D eigenvalue weighted by atomic mass is 9.73. The number of carbonyl (C=O) groups excluding carboxylic acids is 2. The molecule has 0 bridgehead atoms. The minimum absolute atomic E-state index is 0.0146. The highest BCUT2D eigenvalue weighted by molar-refractivity contribution is 6.01. The van der Waals surface area contributed by atoms with Crippen molar-refractivity contribution in [1.82, 2.24) is 4.90 Å². The highest BCUT2D eigenvalue weighted by atomic mass is 16.5. The number of hydrogen-bond acceptors (Lipinski definition) is 5. The summed E-state index contributed by atoms with van der Waals surface area (Å²) in [6.45, 7) is 0.418. The summed E-state index contributed by atoms with van der Waals surface area (Å²) >= 11 is 0. The van der Waals surface area contributed by atoms with Gasteiger partial charge < -0.3 is 24.7 Å². The molecule has 2 aromatic carbocycles. The Morgan fingerprint density at radius 2 is 2.00 bits per heavy atom. The summed E-state index contributed by atoms with van der Waals surface area (Å²) in [5.74, 6) is 0.203. The van der Waals surface area contributed by atoms with Crippen LogP contribution >= 0.6 is 0 Å². The van der Waals surface area contributed by atoms with Crippen LogP contribution in [0.3, 0.4) is 0 Å². The molecule has 2 N–H and O–H groups in total. The molecule has 7 heteroatoms. The Balaban J connectivity index is 1.58. The molecule has 1 saturated heterocycles. The molecule has 2 heterocycles. The first-order chi connectivity index (χ1) is 14.4. The molecule has 2 amide bonds. The Kier molecular flexibility index (Phi) is 5.49. The highest BCUT2D eigenvalue weighted by Gasteiger charge is 2.44. The van der Waals surface area contributed by atoms with Gasteiger partial charge in [-0.3, -0.25) is 9.59 Å². The van der Waals surface area contributed by atoms with Gasteiger partial charge in [-0.1, -0.05) is 30.3 Å². The smallest absolute Gasteiger partial charge is 0.264 e. The van der Waals surface area contributed by atoms with Gasteiger partial charge in [-0.05, 0) is 36.6 Å². The van der Waals surface area contributed by atoms with Gasteiger partial charge in [-0.2, -0.15) is 0 Å². The second-order valence-corrected chi connectivity index (χ2v) is 8.14. The summed E-state index contributed by atoms with van der Waals surface area (Å²) in [4.78, 5) is 28.3. The average Bonchev–Trinajstić information content (AvgIpc) is 2.78. The van der Waals surface area contributed by atoms with Crippen molar-refractivity contribution >= 4 is 17.5 Å². The molecule has 1 fully saturated rings. The first kappa shape index (κ1) is 20.4. The number of amides is 2. The number of piperidine rings is 1. The highest BCUT2D eigenvalue weighted by Crippen LogP contribution is 2.36. The van der Waals surface area contributed by atoms with Crippen LogP contribution in [0.4, 0.5) is 5.69 Å². The molecule has 0 saturated carbocycles. The number of aliphatic hydroxyl groups is 2. The molecule has 2 aromatic rings. The van der Waals surface area contributed by atoms with E-state index in [0.717, 1.165) is 5.56 Å². The van der Waals surface area contributed by atoms with E-state index in [4.69, 9.17) is 4.74 Å². The third-order valence-corrected chi connectivity index (χ3v) is 6.18. The molecule has 2 aliphatic heterocycles. The summed E-state index contributed by atoms with van der Waals surface area (Å²) in [6, 6.07) is 14.7. The standard InChI is InChI=1S/C23H26N2O5/c1-24-18-11-17(7-8-19(18)30-13-21(24)28)22(29)25-10-9-20(27)23(14-25,15-26)12-16-5-3-2-4-6-16/h2-8,11,20,26-27H,9-10,12-15H2,1H3/t20-,23+/m1/s1. The molecule has 7 nitrogen and oxygen atoms in total. The molecule has 0 aliphatic carbocycles. The third kappa shape index (κ3) is 3.66. The van der Waals surface area contributed by atoms with Gasteiger partial charge in [0, 0.05) is 31.1 Å². The molecule has 4 rings (SSSR count). The fourth-order valence-corrected chi connectivity index (χ4v) is 4.30. The van der Waals surface area contributed by atoms with Gasteiger partial charge in [0.15, 0.2) is 6.61 Å². The van der Waals surface area contributed by atoms with E-state index < -0.39 is 11.5 Å². The Hall–Kier alpha value is -2.90. The van der Waals surface area contributed by atoms with Crippen LogP contribution < -0.4 is 9.64 Å². The fraction of sp³-hybridized carbons (Fsp3) is 0.391. The number of aliphatic hydroxyl groups excluding tert-OH is 2. The van der Waals surface area contributed by atoms with Gasteiger partial charge in [0.1, 0.15) is 5.75 Å². The van der Waals surface area contributed by atoms with E-state index in [1.807, 2.05) is 30.3 Å². The van der Waals surface area contributed by atoms with Crippen molar-refractivity contribution in [1.29, 1.82) is 0 Å². The molecule has 0 radical (unpaired) electrons. The SMILES string of the molecule is CN1C(=O)COc2ccc(C(=O)N3CC[C@@H](O)[C@@](CO)(Cc4ccccc4)C3)cc21. The number of fused-ring (bicyclic) bond motifs is 1. The van der Waals surface area contributed by atoms with Crippen molar-refractivity contribution < 1.29 is 24.5 Å². The van der Waals surface area contributed by atoms with Gasteiger partial charge in [0.25, 0.3) is 11.8 Å². The Morgan fingerprint density at radius 1 is 1.23 bits per heavy atom. The minimum atomic E-state index is -0.820. The number of hydrogen-bond donors (Lipinski definition) is 2. The van der Waals surface area contributed by atoms with Crippen LogP contribution in [0.1, 0.15) is 22.3 Å². The second-order valence-electron chi connectivity index (χ2n) is 8.14. The zero-order valence-electron chi connectivity index (χ0n) is 17.0. The van der Waals surface area contributed by atoms with Gasteiger partial charge >= 0.3 is 0 Å². The molecule has 0 aromatic heterocycles. The zero-order chi connectivity index (χ0) is 21.3. The quantitative estimate of drug-likeness (QED) is 0.797. The van der Waals surface area contributed by atoms with Crippen molar-refractivity contribution in [3.05, 3.63) is 59.7 Å². The van der Waals surface area contributed by atoms with Gasteiger partial charge in [0.2, 0.25) is 0 Å². The lowest BCUT2D eigenvalue weighted by Crippen LogP contribution is -2.56. The van der Waals surface area contributed by atoms with Crippen molar-refractivity contribution in [3.8, 4) is 5.75 Å². The van der Waals surface area contributed by atoms with Crippen LogP contribution in [0.25, 0.3) is 0 Å². The van der Waals surface area contributed by atoms with Crippen LogP contribution in [-0.4, -0.2) is 66.4 Å². The lowest BCUT2D eigenvalue weighted by Gasteiger charge is -2.45. The summed E-state index contributed by atoms with van der Waals surface area (Å²) in [7, 11) is 1.66. The van der Waals surface area contributed by atoms with E-state index in [1.54, 1.807) is 30.1 Å². The van der Waals surface area contributed by atoms with Gasteiger partial charge in [-0.25, -0.2) is 0 Å². The maximum atomic E-state index is 13.3. The van der Waals surface area contributed by atoms with Crippen LogP contribution in [0.2, 0.25) is 0 Å². The summed E-state index contributed by atoms with van der Waals surface area (Å²) in [6.07, 6.45) is 0.170. The summed E-state index contributed by atoms with van der Waals surface area (Å²) in [5, 5.41) is 20.9. The van der Waals surface area contributed by atoms with Crippen LogP contribution in [0.15, 0.2) is 48.5 Å².